The number of ketones is 1. The standard InChI is InChI=1S/C29H51N4O14P.Gd/c1-4-28(40)44-21-25(47-29(41)5-2)22-46-48(42,43)45-16-6-7-24(35)18-31-10-14-32(19-26(36)37)12-8-30(17-23(3)34)9-13-33(15-11-31)20-27(38)39;/h25,34H,3-22H2,1-2H3,(H,36,37)(H,38,39)(H,42,43);/q;+3/p-3. The molecule has 1 heterocycles. The van der Waals surface area contributed by atoms with E-state index in [0.29, 0.717) is 13.1 Å². The largest absolute Gasteiger partial charge is 3.00 e. The number of ether oxygens (including phenoxy) is 2. The Bertz CT molecular complexity index is 1080. The number of hydrogen-bond acceptors (Lipinski definition) is 17. The fourth-order valence-electron chi connectivity index (χ4n) is 4.49. The Morgan fingerprint density at radius 2 is 1.18 bits per heavy atom. The third kappa shape index (κ3) is 24.2. The van der Waals surface area contributed by atoms with Crippen LogP contribution in [-0.4, -0.2) is 159 Å². The second-order valence-corrected chi connectivity index (χ2v) is 12.6. The van der Waals surface area contributed by atoms with Crippen molar-refractivity contribution in [1.82, 2.24) is 19.6 Å². The summed E-state index contributed by atoms with van der Waals surface area (Å²) < 4.78 is 32.2. The number of Topliss-reactive ketones (excluding diaryl/α,β-unsaturated/α-hetero) is 1. The average molecular weight is 865 g/mol. The molecule has 18 nitrogen and oxygen atoms in total. The van der Waals surface area contributed by atoms with Gasteiger partial charge in [0.05, 0.1) is 31.7 Å². The fraction of sp³-hybridized carbons (Fsp3) is 0.759. The van der Waals surface area contributed by atoms with E-state index in [1.807, 2.05) is 0 Å². The fourth-order valence-corrected chi connectivity index (χ4v) is 5.28. The first-order chi connectivity index (χ1) is 22.6. The van der Waals surface area contributed by atoms with E-state index in [1.54, 1.807) is 33.4 Å². The van der Waals surface area contributed by atoms with E-state index in [2.05, 4.69) is 6.58 Å². The number of esters is 2. The molecule has 0 aromatic carbocycles. The molecule has 1 aliphatic heterocycles. The molecular formula is C29H48GdN4O14P. The summed E-state index contributed by atoms with van der Waals surface area (Å²) in [4.78, 5) is 75.5. The molecule has 2 unspecified atom stereocenters. The first kappa shape index (κ1) is 47.4. The average Bonchev–Trinajstić information content (AvgIpc) is 3.00. The Kier molecular flexibility index (Phi) is 25.3. The van der Waals surface area contributed by atoms with Crippen molar-refractivity contribution in [3.63, 3.8) is 0 Å². The van der Waals surface area contributed by atoms with Crippen molar-refractivity contribution in [2.45, 2.75) is 45.6 Å². The number of carboxylic acids is 2. The molecule has 2 atom stereocenters. The number of hydrogen-bond donors (Lipinski definition) is 1. The predicted molar refractivity (Wildman–Crippen MR) is 162 cm³/mol. The number of phosphoric acid groups is 1. The normalized spacial score (nSPS) is 17.7. The van der Waals surface area contributed by atoms with Crippen LogP contribution >= 0.6 is 7.82 Å². The van der Waals surface area contributed by atoms with Crippen molar-refractivity contribution in [2.24, 2.45) is 0 Å². The van der Waals surface area contributed by atoms with E-state index in [4.69, 9.17) is 18.5 Å². The third-order valence-corrected chi connectivity index (χ3v) is 8.00. The number of carboxylic acid groups (broad SMARTS) is 2. The maximum absolute atomic E-state index is 12.8. The second kappa shape index (κ2) is 26.2. The molecule has 0 bridgehead atoms. The zero-order valence-electron chi connectivity index (χ0n) is 28.1. The van der Waals surface area contributed by atoms with E-state index >= 15 is 0 Å². The van der Waals surface area contributed by atoms with E-state index < -0.39 is 44.4 Å². The summed E-state index contributed by atoms with van der Waals surface area (Å²) in [6.45, 7) is 6.65. The monoisotopic (exact) mass is 865 g/mol. The molecular weight excluding hydrogens is 817 g/mol. The summed E-state index contributed by atoms with van der Waals surface area (Å²) >= 11 is 0. The van der Waals surface area contributed by atoms with Crippen LogP contribution in [0.5, 0.6) is 0 Å². The van der Waals surface area contributed by atoms with E-state index in [-0.39, 0.29) is 156 Å². The molecule has 1 rings (SSSR count). The van der Waals surface area contributed by atoms with Crippen LogP contribution in [0.4, 0.5) is 0 Å². The van der Waals surface area contributed by atoms with Crippen LogP contribution < -0.4 is 15.3 Å². The van der Waals surface area contributed by atoms with Gasteiger partial charge < -0.3 is 39.3 Å². The van der Waals surface area contributed by atoms with Gasteiger partial charge in [-0.3, -0.25) is 43.0 Å². The Morgan fingerprint density at radius 3 is 1.61 bits per heavy atom. The van der Waals surface area contributed by atoms with Gasteiger partial charge >= 0.3 is 59.7 Å². The molecule has 0 aliphatic carbocycles. The number of nitrogens with zero attached hydrogens (tertiary/aromatic N) is 4. The van der Waals surface area contributed by atoms with Gasteiger partial charge in [-0.15, -0.1) is 12.3 Å². The first-order valence-corrected chi connectivity index (χ1v) is 17.2. The van der Waals surface area contributed by atoms with Crippen LogP contribution in [0.2, 0.25) is 0 Å². The van der Waals surface area contributed by atoms with E-state index in [1.165, 1.54) is 0 Å². The molecule has 1 N–H and O–H groups in total. The number of carbonyl (C=O) groups is 5. The molecule has 20 heteroatoms. The van der Waals surface area contributed by atoms with Crippen LogP contribution in [-0.2, 0) is 47.1 Å². The van der Waals surface area contributed by atoms with Crippen LogP contribution in [0.3, 0.4) is 0 Å². The van der Waals surface area contributed by atoms with Gasteiger partial charge in [-0.1, -0.05) is 13.8 Å². The van der Waals surface area contributed by atoms with Gasteiger partial charge in [-0.2, -0.15) is 0 Å². The molecule has 49 heavy (non-hydrogen) atoms. The predicted octanol–water partition coefficient (Wildman–Crippen LogP) is -3.66. The minimum atomic E-state index is -4.62. The molecule has 0 spiro atoms. The minimum Gasteiger partial charge on any atom is -0.875 e. The summed E-state index contributed by atoms with van der Waals surface area (Å²) in [6, 6.07) is 0. The maximum atomic E-state index is 12.8. The molecule has 281 valence electrons. The smallest absolute Gasteiger partial charge is 0.875 e. The van der Waals surface area contributed by atoms with Crippen molar-refractivity contribution >= 4 is 37.5 Å². The molecule has 1 aliphatic rings. The molecule has 1 fully saturated rings. The van der Waals surface area contributed by atoms with Gasteiger partial charge in [0.1, 0.15) is 12.4 Å². The Morgan fingerprint density at radius 1 is 0.735 bits per heavy atom. The minimum absolute atomic E-state index is 0. The van der Waals surface area contributed by atoms with Gasteiger partial charge in [-0.05, 0) is 6.42 Å². The summed E-state index contributed by atoms with van der Waals surface area (Å²) in [5, 5.41) is 34.4. The van der Waals surface area contributed by atoms with Crippen molar-refractivity contribution < 1.29 is 107 Å². The van der Waals surface area contributed by atoms with Crippen LogP contribution in [0.25, 0.3) is 0 Å². The van der Waals surface area contributed by atoms with E-state index in [9.17, 15) is 48.8 Å². The molecule has 0 aromatic heterocycles. The topological polar surface area (TPSA) is 242 Å². The van der Waals surface area contributed by atoms with Crippen LogP contribution in [0.1, 0.15) is 39.5 Å². The number of aliphatic carboxylic acids is 2. The Hall–Kier alpha value is -1.64. The van der Waals surface area contributed by atoms with Gasteiger partial charge in [0.2, 0.25) is 0 Å². The molecule has 0 amide bonds. The van der Waals surface area contributed by atoms with Crippen molar-refractivity contribution in [3.05, 3.63) is 12.3 Å². The first-order valence-electron chi connectivity index (χ1n) is 15.7. The maximum Gasteiger partial charge on any atom is 3.00 e. The number of rotatable bonds is 21. The Balaban J connectivity index is 0.0000230. The SMILES string of the molecule is C=C([O-])CN1CCN(CC(=O)[O-])CCN(CC(=O)CCCOP(=O)(O)OCC(COC(=O)CC)OC(=O)CC)CCN(CC(=O)[O-])CC1.[Gd+3]. The summed E-state index contributed by atoms with van der Waals surface area (Å²) in [5.41, 5.74) is 0. The van der Waals surface area contributed by atoms with E-state index in [0.717, 1.165) is 0 Å². The quantitative estimate of drug-likeness (QED) is 0.0506. The van der Waals surface area contributed by atoms with Gasteiger partial charge in [0.15, 0.2) is 6.10 Å². The third-order valence-electron chi connectivity index (χ3n) is 7.02. The second-order valence-electron chi connectivity index (χ2n) is 11.1. The zero-order valence-corrected chi connectivity index (χ0v) is 31.2. The molecule has 1 radical (unpaired) electrons. The van der Waals surface area contributed by atoms with Crippen molar-refractivity contribution in [2.75, 3.05) is 98.4 Å². The number of phosphoric ester groups is 1. The molecule has 0 saturated carbocycles. The summed E-state index contributed by atoms with van der Waals surface area (Å²) in [6.07, 6.45) is -1.03. The van der Waals surface area contributed by atoms with Crippen LogP contribution in [0.15, 0.2) is 12.3 Å². The van der Waals surface area contributed by atoms with Crippen molar-refractivity contribution in [1.29, 1.82) is 0 Å². The van der Waals surface area contributed by atoms with Gasteiger partial charge in [0.25, 0.3) is 0 Å². The van der Waals surface area contributed by atoms with Gasteiger partial charge in [0, 0.05) is 91.3 Å². The zero-order chi connectivity index (χ0) is 36.1. The van der Waals surface area contributed by atoms with Gasteiger partial charge in [-0.25, -0.2) is 4.57 Å². The summed E-state index contributed by atoms with van der Waals surface area (Å²) in [7, 11) is -4.62. The summed E-state index contributed by atoms with van der Waals surface area (Å²) in [5.74, 6) is -4.35. The molecule has 0 aromatic rings. The Labute approximate surface area is 318 Å². The van der Waals surface area contributed by atoms with Crippen LogP contribution in [0, 0.1) is 39.9 Å². The van der Waals surface area contributed by atoms with Crippen molar-refractivity contribution in [3.8, 4) is 0 Å². The number of carbonyl (C=O) groups excluding carboxylic acids is 5. The molecule has 1 saturated heterocycles.